The Labute approximate surface area is 96.7 Å². The summed E-state index contributed by atoms with van der Waals surface area (Å²) in [5.41, 5.74) is 1.06. The molecule has 2 rings (SSSR count). The highest BCUT2D eigenvalue weighted by Crippen LogP contribution is 2.37. The van der Waals surface area contributed by atoms with Crippen LogP contribution >= 0.6 is 0 Å². The van der Waals surface area contributed by atoms with Gasteiger partial charge in [-0.3, -0.25) is 0 Å². The van der Waals surface area contributed by atoms with E-state index in [-0.39, 0.29) is 5.41 Å². The second-order valence-electron chi connectivity index (χ2n) is 4.92. The first-order valence-electron chi connectivity index (χ1n) is 5.77. The van der Waals surface area contributed by atoms with Gasteiger partial charge in [0.15, 0.2) is 0 Å². The Morgan fingerprint density at radius 3 is 2.44 bits per heavy atom. The molecule has 0 unspecified atom stereocenters. The number of fused-ring (bicyclic) bond motifs is 1. The van der Waals surface area contributed by atoms with E-state index >= 15 is 0 Å². The minimum Gasteiger partial charge on any atom is -0.507 e. The third kappa shape index (κ3) is 1.67. The van der Waals surface area contributed by atoms with E-state index in [4.69, 9.17) is 0 Å². The van der Waals surface area contributed by atoms with Crippen molar-refractivity contribution < 1.29 is 5.11 Å². The molecular formula is C15H18O. The maximum atomic E-state index is 10.3. The van der Waals surface area contributed by atoms with Crippen LogP contribution in [-0.4, -0.2) is 5.11 Å². The highest BCUT2D eigenvalue weighted by molar-refractivity contribution is 5.89. The molecule has 2 aromatic carbocycles. The zero-order valence-electron chi connectivity index (χ0n) is 10.1. The third-order valence-electron chi connectivity index (χ3n) is 3.51. The maximum absolute atomic E-state index is 10.3. The minimum atomic E-state index is 0.0219. The Morgan fingerprint density at radius 1 is 1.06 bits per heavy atom. The summed E-state index contributed by atoms with van der Waals surface area (Å²) >= 11 is 0. The summed E-state index contributed by atoms with van der Waals surface area (Å²) in [4.78, 5) is 0. The summed E-state index contributed by atoms with van der Waals surface area (Å²) in [6.07, 6.45) is 1.01. The van der Waals surface area contributed by atoms with Crippen LogP contribution in [0.5, 0.6) is 5.75 Å². The number of hydrogen-bond donors (Lipinski definition) is 1. The zero-order chi connectivity index (χ0) is 11.8. The largest absolute Gasteiger partial charge is 0.507 e. The van der Waals surface area contributed by atoms with Crippen molar-refractivity contribution in [3.8, 4) is 5.75 Å². The fourth-order valence-electron chi connectivity index (χ4n) is 1.99. The van der Waals surface area contributed by atoms with E-state index in [1.165, 1.54) is 0 Å². The van der Waals surface area contributed by atoms with Gasteiger partial charge in [0.2, 0.25) is 0 Å². The fraction of sp³-hybridized carbons (Fsp3) is 0.333. The molecule has 0 atom stereocenters. The lowest BCUT2D eigenvalue weighted by Crippen LogP contribution is -2.15. The van der Waals surface area contributed by atoms with Crippen LogP contribution in [0.2, 0.25) is 0 Å². The smallest absolute Gasteiger partial charge is 0.127 e. The first-order chi connectivity index (χ1) is 7.56. The first kappa shape index (κ1) is 11.0. The van der Waals surface area contributed by atoms with Crippen molar-refractivity contribution in [2.75, 3.05) is 0 Å². The molecule has 84 valence electrons. The lowest BCUT2D eigenvalue weighted by Gasteiger charge is -2.25. The number of rotatable bonds is 2. The van der Waals surface area contributed by atoms with Gasteiger partial charge in [0, 0.05) is 10.9 Å². The molecule has 0 saturated heterocycles. The molecule has 0 aromatic heterocycles. The van der Waals surface area contributed by atoms with Gasteiger partial charge in [-0.25, -0.2) is 0 Å². The lowest BCUT2D eigenvalue weighted by molar-refractivity contribution is 0.434. The predicted molar refractivity (Wildman–Crippen MR) is 68.9 cm³/mol. The van der Waals surface area contributed by atoms with Crippen molar-refractivity contribution in [2.24, 2.45) is 0 Å². The van der Waals surface area contributed by atoms with Crippen LogP contribution < -0.4 is 0 Å². The third-order valence-corrected chi connectivity index (χ3v) is 3.51. The Bertz CT molecular complexity index is 512. The number of aromatic hydroxyl groups is 1. The molecule has 0 fully saturated rings. The van der Waals surface area contributed by atoms with Gasteiger partial charge in [0.05, 0.1) is 0 Å². The number of benzene rings is 2. The predicted octanol–water partition coefficient (Wildman–Crippen LogP) is 4.23. The Morgan fingerprint density at radius 2 is 1.75 bits per heavy atom. The molecule has 0 aliphatic rings. The second-order valence-corrected chi connectivity index (χ2v) is 4.92. The minimum absolute atomic E-state index is 0.0219. The Kier molecular flexibility index (Phi) is 2.63. The number of phenolic OH excluding ortho intramolecular Hbond substituents is 1. The van der Waals surface area contributed by atoms with E-state index in [9.17, 15) is 5.11 Å². The molecule has 1 N–H and O–H groups in total. The highest BCUT2D eigenvalue weighted by Gasteiger charge is 2.22. The van der Waals surface area contributed by atoms with Crippen molar-refractivity contribution in [3.05, 3.63) is 42.0 Å². The molecule has 0 heterocycles. The molecule has 0 amide bonds. The summed E-state index contributed by atoms with van der Waals surface area (Å²) in [6, 6.07) is 12.1. The molecule has 1 nitrogen and oxygen atoms in total. The van der Waals surface area contributed by atoms with Crippen molar-refractivity contribution in [3.63, 3.8) is 0 Å². The van der Waals surface area contributed by atoms with Crippen molar-refractivity contribution in [1.29, 1.82) is 0 Å². The van der Waals surface area contributed by atoms with Gasteiger partial charge < -0.3 is 5.11 Å². The molecule has 16 heavy (non-hydrogen) atoms. The van der Waals surface area contributed by atoms with Gasteiger partial charge in [0.1, 0.15) is 5.75 Å². The molecule has 0 bridgehead atoms. The average molecular weight is 214 g/mol. The summed E-state index contributed by atoms with van der Waals surface area (Å²) in [5.74, 6) is 0.435. The maximum Gasteiger partial charge on any atom is 0.127 e. The van der Waals surface area contributed by atoms with Gasteiger partial charge in [0.25, 0.3) is 0 Å². The molecule has 2 aromatic rings. The normalized spacial score (nSPS) is 11.9. The standard InChI is InChI=1S/C15H18O/c1-4-15(2,3)13-10-9-11-7-5-6-8-12(11)14(13)16/h5-10,16H,4H2,1-3H3. The molecule has 0 saturated carbocycles. The molecule has 0 radical (unpaired) electrons. The van der Waals surface area contributed by atoms with Gasteiger partial charge >= 0.3 is 0 Å². The van der Waals surface area contributed by atoms with E-state index < -0.39 is 0 Å². The van der Waals surface area contributed by atoms with Gasteiger partial charge in [-0.05, 0) is 17.2 Å². The van der Waals surface area contributed by atoms with Gasteiger partial charge in [-0.1, -0.05) is 57.2 Å². The van der Waals surface area contributed by atoms with Crippen molar-refractivity contribution >= 4 is 10.8 Å². The Hall–Kier alpha value is -1.50. The van der Waals surface area contributed by atoms with Crippen LogP contribution in [-0.2, 0) is 5.41 Å². The Balaban J connectivity index is 2.70. The topological polar surface area (TPSA) is 20.2 Å². The summed E-state index contributed by atoms with van der Waals surface area (Å²) in [7, 11) is 0. The van der Waals surface area contributed by atoms with E-state index in [0.29, 0.717) is 5.75 Å². The first-order valence-corrected chi connectivity index (χ1v) is 5.77. The van der Waals surface area contributed by atoms with Gasteiger partial charge in [-0.2, -0.15) is 0 Å². The summed E-state index contributed by atoms with van der Waals surface area (Å²) in [5, 5.41) is 12.4. The quantitative estimate of drug-likeness (QED) is 0.793. The molecule has 1 heteroatoms. The molecule has 0 spiro atoms. The van der Waals surface area contributed by atoms with Crippen LogP contribution in [0.4, 0.5) is 0 Å². The van der Waals surface area contributed by atoms with Crippen LogP contribution in [0.1, 0.15) is 32.8 Å². The van der Waals surface area contributed by atoms with E-state index in [1.54, 1.807) is 0 Å². The van der Waals surface area contributed by atoms with Crippen molar-refractivity contribution in [2.45, 2.75) is 32.6 Å². The summed E-state index contributed by atoms with van der Waals surface area (Å²) in [6.45, 7) is 6.47. The van der Waals surface area contributed by atoms with Crippen LogP contribution in [0.25, 0.3) is 10.8 Å². The van der Waals surface area contributed by atoms with E-state index in [1.807, 2.05) is 30.3 Å². The monoisotopic (exact) mass is 214 g/mol. The summed E-state index contributed by atoms with van der Waals surface area (Å²) < 4.78 is 0. The highest BCUT2D eigenvalue weighted by atomic mass is 16.3. The van der Waals surface area contributed by atoms with Gasteiger partial charge in [-0.15, -0.1) is 0 Å². The molecule has 0 aliphatic carbocycles. The van der Waals surface area contributed by atoms with Crippen molar-refractivity contribution in [1.82, 2.24) is 0 Å². The van der Waals surface area contributed by atoms with Crippen LogP contribution in [0.15, 0.2) is 36.4 Å². The second kappa shape index (κ2) is 3.82. The SMILES string of the molecule is CCC(C)(C)c1ccc2ccccc2c1O. The van der Waals surface area contributed by atoms with Crippen LogP contribution in [0, 0.1) is 0 Å². The van der Waals surface area contributed by atoms with E-state index in [0.717, 1.165) is 22.8 Å². The molecule has 0 aliphatic heterocycles. The zero-order valence-corrected chi connectivity index (χ0v) is 10.1. The molecular weight excluding hydrogens is 196 g/mol. The average Bonchev–Trinajstić information content (AvgIpc) is 2.29. The van der Waals surface area contributed by atoms with E-state index in [2.05, 4.69) is 26.8 Å². The number of phenols is 1. The fourth-order valence-corrected chi connectivity index (χ4v) is 1.99. The lowest BCUT2D eigenvalue weighted by atomic mass is 9.81. The number of hydrogen-bond acceptors (Lipinski definition) is 1. The van der Waals surface area contributed by atoms with Crippen LogP contribution in [0.3, 0.4) is 0 Å².